The van der Waals surface area contributed by atoms with Gasteiger partial charge in [0.05, 0.1) is 17.1 Å². The number of hydrogen-bond donors (Lipinski definition) is 4. The summed E-state index contributed by atoms with van der Waals surface area (Å²) >= 11 is 0. The van der Waals surface area contributed by atoms with Crippen LogP contribution in [0.3, 0.4) is 0 Å². The summed E-state index contributed by atoms with van der Waals surface area (Å²) in [6, 6.07) is 23.9. The Balaban J connectivity index is 1.14. The second kappa shape index (κ2) is 13.1. The van der Waals surface area contributed by atoms with E-state index in [1.165, 1.54) is 0 Å². The molecule has 0 atom stereocenters. The summed E-state index contributed by atoms with van der Waals surface area (Å²) in [6.07, 6.45) is 3.42. The maximum atomic E-state index is 13.2. The molecule has 45 heavy (non-hydrogen) atoms. The molecule has 1 saturated heterocycles. The Kier molecular flexibility index (Phi) is 8.61. The van der Waals surface area contributed by atoms with Crippen LogP contribution in [0.1, 0.15) is 24.1 Å². The zero-order valence-corrected chi connectivity index (χ0v) is 25.5. The average Bonchev–Trinajstić information content (AvgIpc) is 3.39. The highest BCUT2D eigenvalue weighted by Gasteiger charge is 2.19. The Morgan fingerprint density at radius 3 is 2.38 bits per heavy atom. The molecule has 0 unspecified atom stereocenters. The highest BCUT2D eigenvalue weighted by molar-refractivity contribution is 6.07. The SMILES string of the molecule is Cc1ccc(-n2nc(C)cc2NC(=O)Nc2ccc(Oc3ccnc(NC(=O)NC4CCN(C)CC4)c3)c3ccccc23)cc1. The molecule has 4 N–H and O–H groups in total. The summed E-state index contributed by atoms with van der Waals surface area (Å²) in [4.78, 5) is 32.3. The molecule has 1 aliphatic heterocycles. The molecule has 3 aromatic carbocycles. The van der Waals surface area contributed by atoms with Gasteiger partial charge in [-0.25, -0.2) is 19.3 Å². The number of nitrogens with one attached hydrogen (secondary N) is 4. The van der Waals surface area contributed by atoms with Crippen molar-refractivity contribution in [3.8, 4) is 17.2 Å². The predicted octanol–water partition coefficient (Wildman–Crippen LogP) is 6.69. The lowest BCUT2D eigenvalue weighted by Gasteiger charge is -2.29. The Bertz CT molecular complexity index is 1830. The number of ether oxygens (including phenoxy) is 1. The van der Waals surface area contributed by atoms with Crippen molar-refractivity contribution in [2.45, 2.75) is 32.7 Å². The van der Waals surface area contributed by atoms with Crippen LogP contribution in [-0.2, 0) is 0 Å². The number of piperidine rings is 1. The van der Waals surface area contributed by atoms with E-state index in [9.17, 15) is 9.59 Å². The number of carbonyl (C=O) groups is 2. The molecule has 0 bridgehead atoms. The summed E-state index contributed by atoms with van der Waals surface area (Å²) in [5, 5.41) is 17.9. The molecule has 0 radical (unpaired) electrons. The van der Waals surface area contributed by atoms with Crippen molar-refractivity contribution in [2.24, 2.45) is 0 Å². The summed E-state index contributed by atoms with van der Waals surface area (Å²) in [5.41, 5.74) is 3.39. The molecule has 0 aliphatic carbocycles. The van der Waals surface area contributed by atoms with Gasteiger partial charge in [-0.2, -0.15) is 5.10 Å². The van der Waals surface area contributed by atoms with Crippen molar-refractivity contribution in [1.29, 1.82) is 0 Å². The number of fused-ring (bicyclic) bond motifs is 1. The molecule has 3 heterocycles. The van der Waals surface area contributed by atoms with Crippen molar-refractivity contribution in [2.75, 3.05) is 36.1 Å². The number of likely N-dealkylation sites (tertiary alicyclic amines) is 1. The number of benzene rings is 3. The van der Waals surface area contributed by atoms with Crippen LogP contribution in [0.15, 0.2) is 85.1 Å². The third-order valence-electron chi connectivity index (χ3n) is 7.74. The van der Waals surface area contributed by atoms with Crippen molar-refractivity contribution < 1.29 is 14.3 Å². The van der Waals surface area contributed by atoms with Crippen LogP contribution >= 0.6 is 0 Å². The van der Waals surface area contributed by atoms with Crippen LogP contribution in [0.2, 0.25) is 0 Å². The summed E-state index contributed by atoms with van der Waals surface area (Å²) in [6.45, 7) is 5.82. The zero-order chi connectivity index (χ0) is 31.3. The van der Waals surface area contributed by atoms with E-state index in [1.54, 1.807) is 35.1 Å². The molecule has 0 saturated carbocycles. The maximum Gasteiger partial charge on any atom is 0.324 e. The lowest BCUT2D eigenvalue weighted by atomic mass is 10.1. The van der Waals surface area contributed by atoms with Gasteiger partial charge in [-0.3, -0.25) is 10.6 Å². The second-order valence-electron chi connectivity index (χ2n) is 11.3. The molecular formula is C34H36N8O3. The molecule has 4 amide bonds. The van der Waals surface area contributed by atoms with Gasteiger partial charge in [-0.1, -0.05) is 42.0 Å². The smallest absolute Gasteiger partial charge is 0.324 e. The molecule has 2 aromatic heterocycles. The third-order valence-corrected chi connectivity index (χ3v) is 7.74. The highest BCUT2D eigenvalue weighted by Crippen LogP contribution is 2.35. The first kappa shape index (κ1) is 29.6. The molecule has 11 nitrogen and oxygen atoms in total. The molecule has 1 aliphatic rings. The summed E-state index contributed by atoms with van der Waals surface area (Å²) in [5.74, 6) is 2.05. The number of aryl methyl sites for hydroxylation is 2. The predicted molar refractivity (Wildman–Crippen MR) is 177 cm³/mol. The van der Waals surface area contributed by atoms with E-state index in [0.717, 1.165) is 53.6 Å². The summed E-state index contributed by atoms with van der Waals surface area (Å²) in [7, 11) is 2.08. The fourth-order valence-electron chi connectivity index (χ4n) is 5.37. The fourth-order valence-corrected chi connectivity index (χ4v) is 5.37. The monoisotopic (exact) mass is 604 g/mol. The third kappa shape index (κ3) is 7.22. The minimum absolute atomic E-state index is 0.140. The van der Waals surface area contributed by atoms with Gasteiger partial charge in [-0.05, 0) is 77.2 Å². The standard InChI is InChI=1S/C34H36N8O3/c1-22-8-10-25(11-9-22)42-32(20-23(2)40-42)39-34(44)37-29-12-13-30(28-7-5-4-6-27(28)29)45-26-14-17-35-31(21-26)38-33(43)36-24-15-18-41(3)19-16-24/h4-14,17,20-21,24H,15-16,18-19H2,1-3H3,(H2,37,39,44)(H2,35,36,38,43). The van der Waals surface area contributed by atoms with Gasteiger partial charge in [0.1, 0.15) is 23.1 Å². The largest absolute Gasteiger partial charge is 0.457 e. The van der Waals surface area contributed by atoms with E-state index in [0.29, 0.717) is 28.8 Å². The Morgan fingerprint density at radius 1 is 0.844 bits per heavy atom. The first-order chi connectivity index (χ1) is 21.8. The lowest BCUT2D eigenvalue weighted by Crippen LogP contribution is -2.44. The minimum Gasteiger partial charge on any atom is -0.457 e. The van der Waals surface area contributed by atoms with Crippen molar-refractivity contribution in [1.82, 2.24) is 25.0 Å². The van der Waals surface area contributed by atoms with E-state index in [4.69, 9.17) is 4.74 Å². The number of amides is 4. The first-order valence-corrected chi connectivity index (χ1v) is 14.9. The quantitative estimate of drug-likeness (QED) is 0.164. The van der Waals surface area contributed by atoms with Crippen LogP contribution in [-0.4, -0.2) is 57.9 Å². The zero-order valence-electron chi connectivity index (χ0n) is 25.5. The van der Waals surface area contributed by atoms with Gasteiger partial charge in [-0.15, -0.1) is 0 Å². The Hall–Kier alpha value is -5.42. The van der Waals surface area contributed by atoms with Gasteiger partial charge in [0.25, 0.3) is 0 Å². The molecule has 5 aromatic rings. The Morgan fingerprint density at radius 2 is 1.60 bits per heavy atom. The molecule has 230 valence electrons. The van der Waals surface area contributed by atoms with Crippen molar-refractivity contribution in [3.63, 3.8) is 0 Å². The van der Waals surface area contributed by atoms with Gasteiger partial charge >= 0.3 is 12.1 Å². The van der Waals surface area contributed by atoms with Crippen LogP contribution in [0.5, 0.6) is 11.5 Å². The number of nitrogens with zero attached hydrogens (tertiary/aromatic N) is 4. The number of aromatic nitrogens is 3. The normalized spacial score (nSPS) is 13.8. The minimum atomic E-state index is -0.398. The van der Waals surface area contributed by atoms with E-state index >= 15 is 0 Å². The van der Waals surface area contributed by atoms with Crippen LogP contribution < -0.4 is 26.0 Å². The van der Waals surface area contributed by atoms with Crippen molar-refractivity contribution in [3.05, 3.63) is 96.3 Å². The maximum absolute atomic E-state index is 13.2. The van der Waals surface area contributed by atoms with E-state index in [1.807, 2.05) is 68.4 Å². The van der Waals surface area contributed by atoms with E-state index < -0.39 is 6.03 Å². The number of urea groups is 2. The molecule has 0 spiro atoms. The number of hydrogen-bond acceptors (Lipinski definition) is 6. The molecular weight excluding hydrogens is 568 g/mol. The van der Waals surface area contributed by atoms with Gasteiger partial charge in [0, 0.05) is 35.1 Å². The van der Waals surface area contributed by atoms with Gasteiger partial charge in [0.2, 0.25) is 0 Å². The lowest BCUT2D eigenvalue weighted by molar-refractivity contribution is 0.221. The van der Waals surface area contributed by atoms with E-state index in [2.05, 4.69) is 43.3 Å². The number of rotatable bonds is 7. The highest BCUT2D eigenvalue weighted by atomic mass is 16.5. The number of pyridine rings is 1. The van der Waals surface area contributed by atoms with E-state index in [-0.39, 0.29) is 12.1 Å². The topological polar surface area (TPSA) is 125 Å². The average molecular weight is 605 g/mol. The van der Waals surface area contributed by atoms with Gasteiger partial charge < -0.3 is 20.3 Å². The Labute approximate surface area is 261 Å². The fraction of sp³-hybridized carbons (Fsp3) is 0.235. The van der Waals surface area contributed by atoms with Gasteiger partial charge in [0.15, 0.2) is 0 Å². The van der Waals surface area contributed by atoms with Crippen LogP contribution in [0.25, 0.3) is 16.5 Å². The number of anilines is 3. The van der Waals surface area contributed by atoms with Crippen LogP contribution in [0, 0.1) is 13.8 Å². The first-order valence-electron chi connectivity index (χ1n) is 14.9. The number of carbonyl (C=O) groups excluding carboxylic acids is 2. The molecule has 11 heteroatoms. The van der Waals surface area contributed by atoms with Crippen molar-refractivity contribution >= 4 is 40.2 Å². The van der Waals surface area contributed by atoms with Crippen LogP contribution in [0.4, 0.5) is 26.9 Å². The second-order valence-corrected chi connectivity index (χ2v) is 11.3. The summed E-state index contributed by atoms with van der Waals surface area (Å²) < 4.78 is 7.96. The molecule has 6 rings (SSSR count). The molecule has 1 fully saturated rings.